The van der Waals surface area contributed by atoms with Crippen molar-refractivity contribution in [2.24, 2.45) is 0 Å². The van der Waals surface area contributed by atoms with Crippen LogP contribution in [0.15, 0.2) is 23.1 Å². The Balaban J connectivity index is 2.83. The van der Waals surface area contributed by atoms with E-state index in [0.29, 0.717) is 5.56 Å². The van der Waals surface area contributed by atoms with Crippen molar-refractivity contribution in [3.8, 4) is 5.75 Å². The van der Waals surface area contributed by atoms with Crippen molar-refractivity contribution >= 4 is 15.9 Å². The molecule has 0 aromatic heterocycles. The SMILES string of the molecule is CCCCCCC(C)NC(=O)c1ccc(OC)c(S(=O)(=O)NC)c1. The molecule has 0 saturated carbocycles. The smallest absolute Gasteiger partial charge is 0.251 e. The number of carbonyl (C=O) groups excluding carboxylic acids is 1. The first-order chi connectivity index (χ1) is 11.4. The average Bonchev–Trinajstić information content (AvgIpc) is 2.58. The predicted octanol–water partition coefficient (Wildman–Crippen LogP) is 2.69. The van der Waals surface area contributed by atoms with Gasteiger partial charge in [0.15, 0.2) is 0 Å². The van der Waals surface area contributed by atoms with Gasteiger partial charge in [0.05, 0.1) is 7.11 Å². The fourth-order valence-corrected chi connectivity index (χ4v) is 3.31. The molecule has 0 radical (unpaired) electrons. The summed E-state index contributed by atoms with van der Waals surface area (Å²) in [4.78, 5) is 12.3. The van der Waals surface area contributed by atoms with Gasteiger partial charge in [-0.1, -0.05) is 32.6 Å². The molecule has 0 fully saturated rings. The molecule has 1 rings (SSSR count). The number of benzene rings is 1. The molecule has 0 aliphatic rings. The van der Waals surface area contributed by atoms with Gasteiger partial charge in [0.1, 0.15) is 10.6 Å². The van der Waals surface area contributed by atoms with Gasteiger partial charge in [-0.3, -0.25) is 4.79 Å². The van der Waals surface area contributed by atoms with Crippen molar-refractivity contribution in [2.45, 2.75) is 56.9 Å². The number of ether oxygens (including phenoxy) is 1. The summed E-state index contributed by atoms with van der Waals surface area (Å²) < 4.78 is 31.4. The number of nitrogens with one attached hydrogen (secondary N) is 2. The Bertz CT molecular complexity index is 644. The number of sulfonamides is 1. The lowest BCUT2D eigenvalue weighted by molar-refractivity contribution is 0.0937. The van der Waals surface area contributed by atoms with Crippen molar-refractivity contribution in [1.82, 2.24) is 10.0 Å². The van der Waals surface area contributed by atoms with E-state index in [0.717, 1.165) is 19.3 Å². The zero-order valence-corrected chi connectivity index (χ0v) is 15.7. The minimum absolute atomic E-state index is 0.0424. The van der Waals surface area contributed by atoms with E-state index in [4.69, 9.17) is 4.74 Å². The third kappa shape index (κ3) is 5.79. The lowest BCUT2D eigenvalue weighted by atomic mass is 10.1. The molecule has 1 atom stereocenters. The standard InChI is InChI=1S/C17H28N2O4S/c1-5-6-7-8-9-13(2)19-17(20)14-10-11-15(23-4)16(12-14)24(21,22)18-3/h10-13,18H,5-9H2,1-4H3,(H,19,20). The fraction of sp³-hybridized carbons (Fsp3) is 0.588. The molecular formula is C17H28N2O4S. The molecule has 1 aromatic rings. The number of carbonyl (C=O) groups is 1. The van der Waals surface area contributed by atoms with Crippen LogP contribution in [0.4, 0.5) is 0 Å². The minimum atomic E-state index is -3.70. The summed E-state index contributed by atoms with van der Waals surface area (Å²) in [7, 11) is -0.991. The van der Waals surface area contributed by atoms with Gasteiger partial charge in [-0.05, 0) is 38.6 Å². The van der Waals surface area contributed by atoms with Crippen LogP contribution >= 0.6 is 0 Å². The third-order valence-electron chi connectivity index (χ3n) is 3.85. The zero-order valence-electron chi connectivity index (χ0n) is 14.9. The summed E-state index contributed by atoms with van der Waals surface area (Å²) in [5.74, 6) is -0.0817. The van der Waals surface area contributed by atoms with E-state index in [-0.39, 0.29) is 22.6 Å². The molecular weight excluding hydrogens is 328 g/mol. The fourth-order valence-electron chi connectivity index (χ4n) is 2.39. The summed E-state index contributed by atoms with van der Waals surface area (Å²) in [5, 5.41) is 2.91. The molecule has 0 aliphatic carbocycles. The third-order valence-corrected chi connectivity index (χ3v) is 5.29. The monoisotopic (exact) mass is 356 g/mol. The summed E-state index contributed by atoms with van der Waals surface area (Å²) in [5.41, 5.74) is 0.296. The van der Waals surface area contributed by atoms with Gasteiger partial charge >= 0.3 is 0 Å². The van der Waals surface area contributed by atoms with Gasteiger partial charge in [-0.25, -0.2) is 13.1 Å². The van der Waals surface area contributed by atoms with Gasteiger partial charge in [-0.2, -0.15) is 0 Å². The van der Waals surface area contributed by atoms with Crippen molar-refractivity contribution in [1.29, 1.82) is 0 Å². The predicted molar refractivity (Wildman–Crippen MR) is 94.9 cm³/mol. The first kappa shape index (κ1) is 20.4. The van der Waals surface area contributed by atoms with E-state index in [1.807, 2.05) is 6.92 Å². The Morgan fingerprint density at radius 3 is 2.54 bits per heavy atom. The molecule has 136 valence electrons. The molecule has 1 amide bonds. The Morgan fingerprint density at radius 1 is 1.25 bits per heavy atom. The number of hydrogen-bond acceptors (Lipinski definition) is 4. The number of hydrogen-bond donors (Lipinski definition) is 2. The maximum atomic E-state index is 12.3. The van der Waals surface area contributed by atoms with Crippen LogP contribution in [0.1, 0.15) is 56.3 Å². The first-order valence-electron chi connectivity index (χ1n) is 8.28. The second kappa shape index (κ2) is 9.64. The van der Waals surface area contributed by atoms with Gasteiger partial charge in [0, 0.05) is 11.6 Å². The number of unbranched alkanes of at least 4 members (excludes halogenated alkanes) is 3. The summed E-state index contributed by atoms with van der Waals surface area (Å²) in [6, 6.07) is 4.43. The molecule has 0 spiro atoms. The highest BCUT2D eigenvalue weighted by molar-refractivity contribution is 7.89. The molecule has 0 aliphatic heterocycles. The number of rotatable bonds is 10. The van der Waals surface area contributed by atoms with Crippen LogP contribution in [0.2, 0.25) is 0 Å². The van der Waals surface area contributed by atoms with E-state index >= 15 is 0 Å². The number of amides is 1. The highest BCUT2D eigenvalue weighted by Gasteiger charge is 2.20. The van der Waals surface area contributed by atoms with Crippen LogP contribution in [0.5, 0.6) is 5.75 Å². The van der Waals surface area contributed by atoms with Crippen LogP contribution in [0, 0.1) is 0 Å². The highest BCUT2D eigenvalue weighted by atomic mass is 32.2. The van der Waals surface area contributed by atoms with E-state index in [9.17, 15) is 13.2 Å². The van der Waals surface area contributed by atoms with Crippen molar-refractivity contribution < 1.29 is 17.9 Å². The summed E-state index contributed by atoms with van der Waals surface area (Å²) in [6.07, 6.45) is 5.50. The van der Waals surface area contributed by atoms with Crippen LogP contribution in [-0.2, 0) is 10.0 Å². The van der Waals surface area contributed by atoms with E-state index in [2.05, 4.69) is 17.0 Å². The minimum Gasteiger partial charge on any atom is -0.495 e. The Morgan fingerprint density at radius 2 is 1.96 bits per heavy atom. The average molecular weight is 356 g/mol. The zero-order chi connectivity index (χ0) is 18.2. The second-order valence-corrected chi connectivity index (χ2v) is 7.65. The second-order valence-electron chi connectivity index (χ2n) is 5.80. The summed E-state index contributed by atoms with van der Waals surface area (Å²) >= 11 is 0. The van der Waals surface area contributed by atoms with Gasteiger partial charge in [-0.15, -0.1) is 0 Å². The molecule has 7 heteroatoms. The van der Waals surface area contributed by atoms with E-state index in [1.54, 1.807) is 6.07 Å². The topological polar surface area (TPSA) is 84.5 Å². The quantitative estimate of drug-likeness (QED) is 0.631. The molecule has 24 heavy (non-hydrogen) atoms. The molecule has 6 nitrogen and oxygen atoms in total. The lowest BCUT2D eigenvalue weighted by Crippen LogP contribution is -2.32. The Kier molecular flexibility index (Phi) is 8.21. The molecule has 0 bridgehead atoms. The van der Waals surface area contributed by atoms with Gasteiger partial charge in [0.25, 0.3) is 5.91 Å². The summed E-state index contributed by atoms with van der Waals surface area (Å²) in [6.45, 7) is 4.12. The normalized spacial score (nSPS) is 12.7. The molecule has 0 saturated heterocycles. The van der Waals surface area contributed by atoms with Crippen LogP contribution in [0.25, 0.3) is 0 Å². The lowest BCUT2D eigenvalue weighted by Gasteiger charge is -2.15. The van der Waals surface area contributed by atoms with Crippen molar-refractivity contribution in [3.63, 3.8) is 0 Å². The molecule has 2 N–H and O–H groups in total. The van der Waals surface area contributed by atoms with E-state index in [1.165, 1.54) is 39.1 Å². The Labute approximate surface area is 145 Å². The van der Waals surface area contributed by atoms with Gasteiger partial charge < -0.3 is 10.1 Å². The Hall–Kier alpha value is -1.60. The maximum absolute atomic E-state index is 12.3. The molecule has 1 unspecified atom stereocenters. The maximum Gasteiger partial charge on any atom is 0.251 e. The van der Waals surface area contributed by atoms with Crippen LogP contribution < -0.4 is 14.8 Å². The van der Waals surface area contributed by atoms with Crippen LogP contribution in [0.3, 0.4) is 0 Å². The van der Waals surface area contributed by atoms with Crippen molar-refractivity contribution in [3.05, 3.63) is 23.8 Å². The molecule has 0 heterocycles. The molecule has 1 aromatic carbocycles. The van der Waals surface area contributed by atoms with Gasteiger partial charge in [0.2, 0.25) is 10.0 Å². The van der Waals surface area contributed by atoms with Crippen LogP contribution in [-0.4, -0.2) is 34.5 Å². The largest absolute Gasteiger partial charge is 0.495 e. The highest BCUT2D eigenvalue weighted by Crippen LogP contribution is 2.24. The first-order valence-corrected chi connectivity index (χ1v) is 9.76. The van der Waals surface area contributed by atoms with E-state index < -0.39 is 10.0 Å². The van der Waals surface area contributed by atoms with Crippen molar-refractivity contribution in [2.75, 3.05) is 14.2 Å². The number of methoxy groups -OCH3 is 1.